The lowest BCUT2D eigenvalue weighted by Gasteiger charge is -2.08. The second-order valence-corrected chi connectivity index (χ2v) is 7.97. The van der Waals surface area contributed by atoms with Crippen LogP contribution in [-0.2, 0) is 17.6 Å². The number of aromatic nitrogens is 3. The predicted octanol–water partition coefficient (Wildman–Crippen LogP) is 4.49. The molecule has 2 heterocycles. The van der Waals surface area contributed by atoms with Crippen LogP contribution in [0.3, 0.4) is 0 Å². The number of carbonyl (C=O) groups is 1. The van der Waals surface area contributed by atoms with E-state index in [1.54, 1.807) is 12.1 Å². The molecule has 1 amide bonds. The smallest absolute Gasteiger partial charge is 0.336 e. The first kappa shape index (κ1) is 20.2. The summed E-state index contributed by atoms with van der Waals surface area (Å²) in [5.41, 5.74) is 2.15. The Bertz CT molecular complexity index is 1320. The SMILES string of the molecule is CC(=O)Nc1ccc2c(CSc3nnc(-c4ccccc4Cl)n3C)cc(=O)oc2c1. The molecule has 7 nitrogen and oxygen atoms in total. The van der Waals surface area contributed by atoms with Crippen LogP contribution in [0.4, 0.5) is 5.69 Å². The largest absolute Gasteiger partial charge is 0.423 e. The van der Waals surface area contributed by atoms with Crippen LogP contribution in [0.25, 0.3) is 22.4 Å². The third-order valence-electron chi connectivity index (χ3n) is 4.46. The van der Waals surface area contributed by atoms with Gasteiger partial charge in [-0.05, 0) is 29.8 Å². The Labute approximate surface area is 181 Å². The number of nitrogens with one attached hydrogen (secondary N) is 1. The number of thioether (sulfide) groups is 1. The molecule has 0 unspecified atom stereocenters. The van der Waals surface area contributed by atoms with Crippen molar-refractivity contribution in [2.75, 3.05) is 5.32 Å². The molecule has 0 atom stereocenters. The molecule has 30 heavy (non-hydrogen) atoms. The van der Waals surface area contributed by atoms with Crippen LogP contribution in [0.5, 0.6) is 0 Å². The minimum atomic E-state index is -0.451. The zero-order chi connectivity index (χ0) is 21.3. The van der Waals surface area contributed by atoms with Crippen molar-refractivity contribution >= 4 is 45.9 Å². The summed E-state index contributed by atoms with van der Waals surface area (Å²) in [7, 11) is 1.87. The van der Waals surface area contributed by atoms with E-state index in [1.807, 2.05) is 41.9 Å². The summed E-state index contributed by atoms with van der Waals surface area (Å²) in [5, 5.41) is 13.3. The van der Waals surface area contributed by atoms with Gasteiger partial charge in [0.05, 0.1) is 5.02 Å². The van der Waals surface area contributed by atoms with Crippen molar-refractivity contribution in [3.8, 4) is 11.4 Å². The summed E-state index contributed by atoms with van der Waals surface area (Å²) < 4.78 is 7.18. The predicted molar refractivity (Wildman–Crippen MR) is 118 cm³/mol. The van der Waals surface area contributed by atoms with Crippen LogP contribution < -0.4 is 10.9 Å². The van der Waals surface area contributed by atoms with Gasteiger partial charge in [-0.25, -0.2) is 4.79 Å². The van der Waals surface area contributed by atoms with Crippen molar-refractivity contribution in [3.05, 3.63) is 69.5 Å². The Kier molecular flexibility index (Phi) is 5.61. The molecular formula is C21H17ClN4O3S. The standard InChI is InChI=1S/C21H17ClN4O3S/c1-12(27)23-14-7-8-15-13(9-19(28)29-18(15)10-14)11-30-21-25-24-20(26(21)2)16-5-3-4-6-17(16)22/h3-10H,11H2,1-2H3,(H,23,27). The molecule has 2 aromatic carbocycles. The fourth-order valence-corrected chi connectivity index (χ4v) is 4.21. The van der Waals surface area contributed by atoms with Crippen LogP contribution in [0.15, 0.2) is 62.9 Å². The molecule has 0 radical (unpaired) electrons. The van der Waals surface area contributed by atoms with Gasteiger partial charge in [0, 0.05) is 48.5 Å². The molecule has 9 heteroatoms. The van der Waals surface area contributed by atoms with Crippen molar-refractivity contribution in [1.82, 2.24) is 14.8 Å². The van der Waals surface area contributed by atoms with Gasteiger partial charge in [-0.15, -0.1) is 10.2 Å². The Morgan fingerprint density at radius 2 is 2.00 bits per heavy atom. The summed E-state index contributed by atoms with van der Waals surface area (Å²) >= 11 is 7.74. The van der Waals surface area contributed by atoms with Crippen molar-refractivity contribution in [1.29, 1.82) is 0 Å². The average molecular weight is 441 g/mol. The number of fused-ring (bicyclic) bond motifs is 1. The number of hydrogen-bond acceptors (Lipinski definition) is 6. The van der Waals surface area contributed by atoms with Gasteiger partial charge in [-0.1, -0.05) is 35.5 Å². The first-order valence-electron chi connectivity index (χ1n) is 9.04. The molecule has 0 aliphatic rings. The van der Waals surface area contributed by atoms with Gasteiger partial charge in [0.15, 0.2) is 11.0 Å². The van der Waals surface area contributed by atoms with E-state index >= 15 is 0 Å². The fourth-order valence-electron chi connectivity index (χ4n) is 3.09. The van der Waals surface area contributed by atoms with E-state index in [-0.39, 0.29) is 5.91 Å². The van der Waals surface area contributed by atoms with E-state index in [0.29, 0.717) is 33.0 Å². The summed E-state index contributed by atoms with van der Waals surface area (Å²) in [6.07, 6.45) is 0. The van der Waals surface area contributed by atoms with E-state index < -0.39 is 5.63 Å². The highest BCUT2D eigenvalue weighted by molar-refractivity contribution is 7.98. The van der Waals surface area contributed by atoms with E-state index in [1.165, 1.54) is 24.8 Å². The van der Waals surface area contributed by atoms with Gasteiger partial charge in [0.2, 0.25) is 5.91 Å². The van der Waals surface area contributed by atoms with Crippen molar-refractivity contribution in [2.24, 2.45) is 7.05 Å². The third-order valence-corrected chi connectivity index (χ3v) is 5.86. The Morgan fingerprint density at radius 1 is 1.20 bits per heavy atom. The maximum Gasteiger partial charge on any atom is 0.336 e. The second-order valence-electron chi connectivity index (χ2n) is 6.62. The van der Waals surface area contributed by atoms with Crippen molar-refractivity contribution in [2.45, 2.75) is 17.8 Å². The first-order valence-corrected chi connectivity index (χ1v) is 10.4. The van der Waals surface area contributed by atoms with Gasteiger partial charge in [0.1, 0.15) is 5.58 Å². The summed E-state index contributed by atoms with van der Waals surface area (Å²) in [4.78, 5) is 23.3. The van der Waals surface area contributed by atoms with Crippen LogP contribution in [0, 0.1) is 0 Å². The zero-order valence-corrected chi connectivity index (χ0v) is 17.8. The number of benzene rings is 2. The fraction of sp³-hybridized carbons (Fsp3) is 0.143. The Morgan fingerprint density at radius 3 is 2.77 bits per heavy atom. The summed E-state index contributed by atoms with van der Waals surface area (Å²) in [6.45, 7) is 1.42. The second kappa shape index (κ2) is 8.33. The van der Waals surface area contributed by atoms with Crippen LogP contribution in [-0.4, -0.2) is 20.7 Å². The topological polar surface area (TPSA) is 90.0 Å². The molecule has 4 rings (SSSR count). The Balaban J connectivity index is 1.62. The highest BCUT2D eigenvalue weighted by Gasteiger charge is 2.15. The maximum atomic E-state index is 12.0. The van der Waals surface area contributed by atoms with Crippen molar-refractivity contribution < 1.29 is 9.21 Å². The molecule has 0 aliphatic carbocycles. The third kappa shape index (κ3) is 4.10. The van der Waals surface area contributed by atoms with E-state index in [2.05, 4.69) is 15.5 Å². The van der Waals surface area contributed by atoms with Gasteiger partial charge >= 0.3 is 5.63 Å². The summed E-state index contributed by atoms with van der Waals surface area (Å²) in [5.74, 6) is 0.969. The zero-order valence-electron chi connectivity index (χ0n) is 16.2. The first-order chi connectivity index (χ1) is 14.4. The molecule has 0 fully saturated rings. The van der Waals surface area contributed by atoms with E-state index in [0.717, 1.165) is 16.5 Å². The highest BCUT2D eigenvalue weighted by atomic mass is 35.5. The van der Waals surface area contributed by atoms with Crippen LogP contribution in [0.1, 0.15) is 12.5 Å². The molecule has 1 N–H and O–H groups in total. The minimum Gasteiger partial charge on any atom is -0.423 e. The maximum absolute atomic E-state index is 12.0. The molecule has 0 spiro atoms. The normalized spacial score (nSPS) is 11.0. The lowest BCUT2D eigenvalue weighted by atomic mass is 10.1. The average Bonchev–Trinajstić information content (AvgIpc) is 3.06. The number of amides is 1. The molecule has 0 bridgehead atoms. The lowest BCUT2D eigenvalue weighted by molar-refractivity contribution is -0.114. The van der Waals surface area contributed by atoms with Crippen LogP contribution in [0.2, 0.25) is 5.02 Å². The van der Waals surface area contributed by atoms with Crippen molar-refractivity contribution in [3.63, 3.8) is 0 Å². The number of hydrogen-bond donors (Lipinski definition) is 1. The summed E-state index contributed by atoms with van der Waals surface area (Å²) in [6, 6.07) is 14.2. The number of nitrogens with zero attached hydrogens (tertiary/aromatic N) is 3. The lowest BCUT2D eigenvalue weighted by Crippen LogP contribution is -2.06. The minimum absolute atomic E-state index is 0.194. The molecular weight excluding hydrogens is 424 g/mol. The molecule has 2 aromatic heterocycles. The quantitative estimate of drug-likeness (QED) is 0.363. The van der Waals surface area contributed by atoms with Gasteiger partial charge in [-0.3, -0.25) is 4.79 Å². The van der Waals surface area contributed by atoms with Gasteiger partial charge in [0.25, 0.3) is 0 Å². The monoisotopic (exact) mass is 440 g/mol. The van der Waals surface area contributed by atoms with E-state index in [9.17, 15) is 9.59 Å². The van der Waals surface area contributed by atoms with Gasteiger partial charge in [-0.2, -0.15) is 0 Å². The van der Waals surface area contributed by atoms with E-state index in [4.69, 9.17) is 16.0 Å². The van der Waals surface area contributed by atoms with Crippen LogP contribution >= 0.6 is 23.4 Å². The number of anilines is 1. The molecule has 0 aliphatic heterocycles. The molecule has 0 saturated carbocycles. The molecule has 4 aromatic rings. The number of rotatable bonds is 5. The number of carbonyl (C=O) groups excluding carboxylic acids is 1. The highest BCUT2D eigenvalue weighted by Crippen LogP contribution is 2.31. The molecule has 152 valence electrons. The number of halogens is 1. The van der Waals surface area contributed by atoms with Gasteiger partial charge < -0.3 is 14.3 Å². The molecule has 0 saturated heterocycles. The Hall–Kier alpha value is -3.10.